The molecule has 10 nitrogen and oxygen atoms in total. The Hall–Kier alpha value is -4.19. The molecule has 4 heterocycles. The first-order valence-electron chi connectivity index (χ1n) is 11.7. The number of para-hydroxylation sites is 1. The second-order valence-electron chi connectivity index (χ2n) is 8.74. The Morgan fingerprint density at radius 3 is 2.51 bits per heavy atom. The van der Waals surface area contributed by atoms with E-state index in [0.29, 0.717) is 61.0 Å². The van der Waals surface area contributed by atoms with Crippen LogP contribution in [0.1, 0.15) is 17.0 Å². The summed E-state index contributed by atoms with van der Waals surface area (Å²) in [6, 6.07) is 6.72. The van der Waals surface area contributed by atoms with Gasteiger partial charge in [-0.2, -0.15) is 8.78 Å². The highest BCUT2D eigenvalue weighted by molar-refractivity contribution is 5.69. The van der Waals surface area contributed by atoms with E-state index in [-0.39, 0.29) is 12.3 Å². The summed E-state index contributed by atoms with van der Waals surface area (Å²) in [6.45, 7) is 1.54. The van der Waals surface area contributed by atoms with E-state index in [1.807, 2.05) is 27.3 Å². The molecule has 0 atom stereocenters. The van der Waals surface area contributed by atoms with Crippen molar-refractivity contribution in [2.45, 2.75) is 20.0 Å². The highest BCUT2D eigenvalue weighted by atomic mass is 19.3. The maximum atomic E-state index is 12.9. The smallest absolute Gasteiger partial charge is 0.387 e. The van der Waals surface area contributed by atoms with Crippen LogP contribution in [0.4, 0.5) is 14.7 Å². The summed E-state index contributed by atoms with van der Waals surface area (Å²) < 4.78 is 32.3. The van der Waals surface area contributed by atoms with Crippen molar-refractivity contribution in [2.75, 3.05) is 37.6 Å². The lowest BCUT2D eigenvalue weighted by atomic mass is 10.1. The van der Waals surface area contributed by atoms with Gasteiger partial charge < -0.3 is 14.7 Å². The highest BCUT2D eigenvalue weighted by Gasteiger charge is 2.21. The maximum absolute atomic E-state index is 12.9. The molecule has 1 saturated heterocycles. The third-order valence-electron chi connectivity index (χ3n) is 6.30. The van der Waals surface area contributed by atoms with Crippen molar-refractivity contribution < 1.29 is 23.4 Å². The average Bonchev–Trinajstić information content (AvgIpc) is 3.19. The number of benzene rings is 1. The van der Waals surface area contributed by atoms with Crippen molar-refractivity contribution in [3.05, 3.63) is 66.0 Å². The molecule has 12 heteroatoms. The lowest BCUT2D eigenvalue weighted by molar-refractivity contribution is -0.138. The summed E-state index contributed by atoms with van der Waals surface area (Å²) in [5.41, 5.74) is 4.22. The van der Waals surface area contributed by atoms with Crippen LogP contribution in [0.25, 0.3) is 16.9 Å². The van der Waals surface area contributed by atoms with Crippen LogP contribution in [0.2, 0.25) is 0 Å². The predicted octanol–water partition coefficient (Wildman–Crippen LogP) is 2.89. The molecule has 0 unspecified atom stereocenters. The van der Waals surface area contributed by atoms with Gasteiger partial charge in [0.15, 0.2) is 5.65 Å². The predicted molar refractivity (Wildman–Crippen MR) is 131 cm³/mol. The van der Waals surface area contributed by atoms with Crippen LogP contribution < -0.4 is 9.64 Å². The summed E-state index contributed by atoms with van der Waals surface area (Å²) in [5.74, 6) is -0.121. The molecule has 0 spiro atoms. The minimum Gasteiger partial charge on any atom is -0.480 e. The van der Waals surface area contributed by atoms with E-state index in [9.17, 15) is 13.6 Å². The monoisotopic (exact) mass is 509 g/mol. The van der Waals surface area contributed by atoms with Crippen LogP contribution in [-0.2, 0) is 11.2 Å². The number of carbonyl (C=O) groups is 1. The quantitative estimate of drug-likeness (QED) is 0.383. The van der Waals surface area contributed by atoms with Crippen LogP contribution in [0.3, 0.4) is 0 Å². The van der Waals surface area contributed by atoms with Crippen molar-refractivity contribution in [3.63, 3.8) is 0 Å². The highest BCUT2D eigenvalue weighted by Crippen LogP contribution is 2.26. The van der Waals surface area contributed by atoms with Gasteiger partial charge in [0.1, 0.15) is 5.75 Å². The van der Waals surface area contributed by atoms with Crippen molar-refractivity contribution in [2.24, 2.45) is 0 Å². The Morgan fingerprint density at radius 2 is 1.81 bits per heavy atom. The fourth-order valence-corrected chi connectivity index (χ4v) is 4.44. The normalized spacial score (nSPS) is 14.4. The van der Waals surface area contributed by atoms with Crippen molar-refractivity contribution >= 4 is 17.6 Å². The molecular formula is C25H25F2N7O3. The molecule has 37 heavy (non-hydrogen) atoms. The second-order valence-corrected chi connectivity index (χ2v) is 8.74. The van der Waals surface area contributed by atoms with Gasteiger partial charge in [0, 0.05) is 62.3 Å². The average molecular weight is 510 g/mol. The molecule has 3 aromatic heterocycles. The second kappa shape index (κ2) is 10.4. The number of imidazole rings is 1. The first kappa shape index (κ1) is 24.5. The molecule has 0 saturated carbocycles. The summed E-state index contributed by atoms with van der Waals surface area (Å²) in [6.07, 6.45) is 7.25. The lowest BCUT2D eigenvalue weighted by Crippen LogP contribution is -2.48. The molecule has 5 rings (SSSR count). The number of fused-ring (bicyclic) bond motifs is 1. The number of hydrogen-bond acceptors (Lipinski definition) is 8. The number of nitrogens with zero attached hydrogens (tertiary/aromatic N) is 7. The maximum Gasteiger partial charge on any atom is 0.387 e. The third-order valence-corrected chi connectivity index (χ3v) is 6.30. The van der Waals surface area contributed by atoms with Gasteiger partial charge in [0.05, 0.1) is 29.8 Å². The number of halogens is 2. The molecule has 0 bridgehead atoms. The van der Waals surface area contributed by atoms with Crippen LogP contribution in [0.15, 0.2) is 49.1 Å². The molecule has 0 amide bonds. The van der Waals surface area contributed by atoms with Gasteiger partial charge in [-0.1, -0.05) is 18.2 Å². The Morgan fingerprint density at radius 1 is 1.08 bits per heavy atom. The first-order chi connectivity index (χ1) is 17.9. The summed E-state index contributed by atoms with van der Waals surface area (Å²) >= 11 is 0. The molecular weight excluding hydrogens is 484 g/mol. The molecule has 1 N–H and O–H groups in total. The molecule has 0 aliphatic carbocycles. The SMILES string of the molecule is Cc1nc2cnc(-c3cnc(N4CCN(CC(=O)O)CC4)nc3)cn2c1Cc1ccccc1OC(F)F. The summed E-state index contributed by atoms with van der Waals surface area (Å²) in [5, 5.41) is 8.96. The first-order valence-corrected chi connectivity index (χ1v) is 11.7. The van der Waals surface area contributed by atoms with E-state index >= 15 is 0 Å². The van der Waals surface area contributed by atoms with Gasteiger partial charge >= 0.3 is 12.6 Å². The molecule has 1 aliphatic heterocycles. The van der Waals surface area contributed by atoms with Crippen LogP contribution in [0.5, 0.6) is 5.75 Å². The van der Waals surface area contributed by atoms with E-state index in [1.54, 1.807) is 36.8 Å². The van der Waals surface area contributed by atoms with Crippen LogP contribution >= 0.6 is 0 Å². The van der Waals surface area contributed by atoms with Crippen molar-refractivity contribution in [3.8, 4) is 17.0 Å². The number of carboxylic acid groups (broad SMARTS) is 1. The standard InChI is InChI=1S/C25H25F2N7O3/c1-16-20(10-17-4-2-3-5-21(17)37-24(26)27)34-14-19(28-13-22(34)31-16)18-11-29-25(30-12-18)33-8-6-32(7-9-33)15-23(35)36/h2-5,11-14,24H,6-10,15H2,1H3,(H,35,36). The van der Waals surface area contributed by atoms with E-state index < -0.39 is 12.6 Å². The van der Waals surface area contributed by atoms with Crippen molar-refractivity contribution in [1.29, 1.82) is 0 Å². The van der Waals surface area contributed by atoms with Crippen LogP contribution in [-0.4, -0.2) is 79.6 Å². The van der Waals surface area contributed by atoms with Gasteiger partial charge in [-0.25, -0.2) is 15.0 Å². The number of aliphatic carboxylic acids is 1. The Labute approximate surface area is 211 Å². The molecule has 192 valence electrons. The summed E-state index contributed by atoms with van der Waals surface area (Å²) in [4.78, 5) is 32.9. The van der Waals surface area contributed by atoms with Gasteiger partial charge in [0.2, 0.25) is 5.95 Å². The minimum atomic E-state index is -2.91. The van der Waals surface area contributed by atoms with Gasteiger partial charge in [0.25, 0.3) is 0 Å². The topological polar surface area (TPSA) is 109 Å². The molecule has 0 radical (unpaired) electrons. The van der Waals surface area contributed by atoms with Crippen molar-refractivity contribution in [1.82, 2.24) is 29.2 Å². The lowest BCUT2D eigenvalue weighted by Gasteiger charge is -2.33. The molecule has 1 aliphatic rings. The Balaban J connectivity index is 1.36. The fourth-order valence-electron chi connectivity index (χ4n) is 4.44. The fraction of sp³-hybridized carbons (Fsp3) is 0.320. The summed E-state index contributed by atoms with van der Waals surface area (Å²) in [7, 11) is 0. The van der Waals surface area contributed by atoms with E-state index in [1.165, 1.54) is 6.07 Å². The number of hydrogen-bond donors (Lipinski definition) is 1. The zero-order valence-corrected chi connectivity index (χ0v) is 20.1. The number of ether oxygens (including phenoxy) is 1. The number of alkyl halides is 2. The zero-order valence-electron chi connectivity index (χ0n) is 20.1. The van der Waals surface area contributed by atoms with Crippen LogP contribution in [0, 0.1) is 6.92 Å². The molecule has 1 aromatic carbocycles. The van der Waals surface area contributed by atoms with Gasteiger partial charge in [-0.05, 0) is 13.0 Å². The number of aryl methyl sites for hydroxylation is 1. The molecule has 1 fully saturated rings. The number of aromatic nitrogens is 5. The largest absolute Gasteiger partial charge is 0.480 e. The number of piperazine rings is 1. The number of anilines is 1. The number of rotatable bonds is 8. The van der Waals surface area contributed by atoms with E-state index in [0.717, 1.165) is 11.4 Å². The molecule has 4 aromatic rings. The van der Waals surface area contributed by atoms with Gasteiger partial charge in [-0.3, -0.25) is 19.1 Å². The Bertz CT molecular complexity index is 1400. The van der Waals surface area contributed by atoms with E-state index in [4.69, 9.17) is 9.84 Å². The third kappa shape index (κ3) is 5.48. The van der Waals surface area contributed by atoms with Gasteiger partial charge in [-0.15, -0.1) is 0 Å². The zero-order chi connectivity index (χ0) is 25.9. The van der Waals surface area contributed by atoms with E-state index in [2.05, 4.69) is 19.9 Å². The minimum absolute atomic E-state index is 0.0301. The Kier molecular flexibility index (Phi) is 6.91. The number of carboxylic acids is 1.